The van der Waals surface area contributed by atoms with Crippen LogP contribution in [0.15, 0.2) is 30.6 Å². The van der Waals surface area contributed by atoms with E-state index in [4.69, 9.17) is 4.74 Å². The lowest BCUT2D eigenvalue weighted by Crippen LogP contribution is -2.42. The van der Waals surface area contributed by atoms with E-state index >= 15 is 0 Å². The molecule has 2 heterocycles. The number of morpholine rings is 1. The molecule has 0 bridgehead atoms. The molecule has 0 N–H and O–H groups in total. The van der Waals surface area contributed by atoms with Crippen molar-refractivity contribution in [3.8, 4) is 0 Å². The van der Waals surface area contributed by atoms with E-state index in [9.17, 15) is 0 Å². The Hall–Kier alpha value is -1.72. The zero-order valence-electron chi connectivity index (χ0n) is 13.7. The van der Waals surface area contributed by atoms with Crippen LogP contribution >= 0.6 is 0 Å². The van der Waals surface area contributed by atoms with Crippen molar-refractivity contribution in [2.75, 3.05) is 26.2 Å². The SMILES string of the molecule is Cn1cnnc1[C@@H]1CN(C[C@H]2CCc3ccccc3C2)CCO1. The third kappa shape index (κ3) is 3.16. The summed E-state index contributed by atoms with van der Waals surface area (Å²) in [5.74, 6) is 1.69. The fourth-order valence-electron chi connectivity index (χ4n) is 3.90. The molecule has 0 unspecified atom stereocenters. The first-order valence-electron chi connectivity index (χ1n) is 8.54. The van der Waals surface area contributed by atoms with E-state index in [1.54, 1.807) is 17.5 Å². The summed E-state index contributed by atoms with van der Waals surface area (Å²) < 4.78 is 7.88. The molecule has 4 rings (SSSR count). The average molecular weight is 312 g/mol. The van der Waals surface area contributed by atoms with Gasteiger partial charge in [0.1, 0.15) is 12.4 Å². The van der Waals surface area contributed by atoms with Gasteiger partial charge in [-0.15, -0.1) is 10.2 Å². The number of benzene rings is 1. The largest absolute Gasteiger partial charge is 0.368 e. The molecule has 1 saturated heterocycles. The second kappa shape index (κ2) is 6.42. The molecule has 1 aliphatic carbocycles. The van der Waals surface area contributed by atoms with Gasteiger partial charge in [-0.2, -0.15) is 0 Å². The first-order valence-corrected chi connectivity index (χ1v) is 8.54. The number of rotatable bonds is 3. The van der Waals surface area contributed by atoms with Gasteiger partial charge in [0.15, 0.2) is 5.82 Å². The van der Waals surface area contributed by atoms with Crippen molar-refractivity contribution in [1.29, 1.82) is 0 Å². The molecule has 2 aromatic rings. The van der Waals surface area contributed by atoms with Crippen LogP contribution in [0.2, 0.25) is 0 Å². The van der Waals surface area contributed by atoms with Crippen molar-refractivity contribution in [1.82, 2.24) is 19.7 Å². The molecule has 1 fully saturated rings. The molecule has 5 heteroatoms. The first kappa shape index (κ1) is 14.8. The van der Waals surface area contributed by atoms with E-state index in [1.807, 2.05) is 11.6 Å². The average Bonchev–Trinajstić information content (AvgIpc) is 3.01. The van der Waals surface area contributed by atoms with Crippen LogP contribution < -0.4 is 0 Å². The summed E-state index contributed by atoms with van der Waals surface area (Å²) in [5.41, 5.74) is 3.09. The molecule has 2 atom stereocenters. The Balaban J connectivity index is 1.39. The van der Waals surface area contributed by atoms with Gasteiger partial charge in [0, 0.05) is 26.7 Å². The van der Waals surface area contributed by atoms with Gasteiger partial charge in [-0.3, -0.25) is 4.90 Å². The van der Waals surface area contributed by atoms with Crippen molar-refractivity contribution < 1.29 is 4.74 Å². The van der Waals surface area contributed by atoms with E-state index in [0.29, 0.717) is 0 Å². The minimum absolute atomic E-state index is 0.0483. The van der Waals surface area contributed by atoms with Crippen LogP contribution in [0.1, 0.15) is 29.5 Å². The smallest absolute Gasteiger partial charge is 0.163 e. The van der Waals surface area contributed by atoms with Crippen molar-refractivity contribution in [2.24, 2.45) is 13.0 Å². The highest BCUT2D eigenvalue weighted by Gasteiger charge is 2.28. The molecule has 122 valence electrons. The predicted octanol–water partition coefficient (Wildman–Crippen LogP) is 1.99. The molecule has 0 spiro atoms. The highest BCUT2D eigenvalue weighted by molar-refractivity contribution is 5.29. The Morgan fingerprint density at radius 2 is 2.13 bits per heavy atom. The van der Waals surface area contributed by atoms with Crippen molar-refractivity contribution in [2.45, 2.75) is 25.4 Å². The third-order valence-corrected chi connectivity index (χ3v) is 5.15. The van der Waals surface area contributed by atoms with Crippen LogP contribution in [0.25, 0.3) is 0 Å². The summed E-state index contributed by atoms with van der Waals surface area (Å²) in [6, 6.07) is 8.90. The Kier molecular flexibility index (Phi) is 4.14. The van der Waals surface area contributed by atoms with Gasteiger partial charge in [0.25, 0.3) is 0 Å². The predicted molar refractivity (Wildman–Crippen MR) is 88.1 cm³/mol. The number of hydrogen-bond acceptors (Lipinski definition) is 4. The molecular formula is C18H24N4O. The number of ether oxygens (including phenoxy) is 1. The highest BCUT2D eigenvalue weighted by atomic mass is 16.5. The van der Waals surface area contributed by atoms with Gasteiger partial charge < -0.3 is 9.30 Å². The zero-order valence-corrected chi connectivity index (χ0v) is 13.7. The van der Waals surface area contributed by atoms with Crippen molar-refractivity contribution >= 4 is 0 Å². The van der Waals surface area contributed by atoms with E-state index in [1.165, 1.54) is 19.3 Å². The molecule has 5 nitrogen and oxygen atoms in total. The Labute approximate surface area is 137 Å². The van der Waals surface area contributed by atoms with Gasteiger partial charge in [0.05, 0.1) is 6.61 Å². The number of aryl methyl sites for hydroxylation is 2. The molecule has 0 radical (unpaired) electrons. The lowest BCUT2D eigenvalue weighted by molar-refractivity contribution is -0.0405. The van der Waals surface area contributed by atoms with E-state index in [2.05, 4.69) is 39.4 Å². The fourth-order valence-corrected chi connectivity index (χ4v) is 3.90. The normalized spacial score (nSPS) is 25.3. The third-order valence-electron chi connectivity index (χ3n) is 5.15. The fraction of sp³-hybridized carbons (Fsp3) is 0.556. The summed E-state index contributed by atoms with van der Waals surface area (Å²) in [6.07, 6.45) is 5.52. The Morgan fingerprint density at radius 3 is 2.96 bits per heavy atom. The monoisotopic (exact) mass is 312 g/mol. The van der Waals surface area contributed by atoms with E-state index in [-0.39, 0.29) is 6.10 Å². The van der Waals surface area contributed by atoms with Gasteiger partial charge in [-0.05, 0) is 36.3 Å². The quantitative estimate of drug-likeness (QED) is 0.869. The lowest BCUT2D eigenvalue weighted by Gasteiger charge is -2.36. The summed E-state index contributed by atoms with van der Waals surface area (Å²) in [7, 11) is 1.98. The summed E-state index contributed by atoms with van der Waals surface area (Å²) in [6.45, 7) is 3.88. The van der Waals surface area contributed by atoms with Crippen LogP contribution in [0.5, 0.6) is 0 Å². The molecule has 1 aliphatic heterocycles. The van der Waals surface area contributed by atoms with Crippen LogP contribution in [0.3, 0.4) is 0 Å². The molecule has 1 aromatic carbocycles. The number of fused-ring (bicyclic) bond motifs is 1. The molecule has 2 aliphatic rings. The summed E-state index contributed by atoms with van der Waals surface area (Å²) in [5, 5.41) is 8.19. The molecule has 1 aromatic heterocycles. The Bertz CT molecular complexity index is 669. The maximum atomic E-state index is 5.91. The summed E-state index contributed by atoms with van der Waals surface area (Å²) >= 11 is 0. The molecule has 0 amide bonds. The van der Waals surface area contributed by atoms with E-state index in [0.717, 1.165) is 38.0 Å². The number of hydrogen-bond donors (Lipinski definition) is 0. The topological polar surface area (TPSA) is 43.2 Å². The molecular weight excluding hydrogens is 288 g/mol. The van der Waals surface area contributed by atoms with Crippen LogP contribution in [0.4, 0.5) is 0 Å². The second-order valence-corrected chi connectivity index (χ2v) is 6.80. The van der Waals surface area contributed by atoms with Gasteiger partial charge >= 0.3 is 0 Å². The van der Waals surface area contributed by atoms with Gasteiger partial charge in [-0.1, -0.05) is 24.3 Å². The standard InChI is InChI=1S/C18H24N4O/c1-21-13-19-20-18(21)17-12-22(8-9-23-17)11-14-6-7-15-4-2-3-5-16(15)10-14/h2-5,13-14,17H,6-12H2,1H3/t14-,17-/m0/s1. The first-order chi connectivity index (χ1) is 11.3. The molecule has 0 saturated carbocycles. The van der Waals surface area contributed by atoms with Crippen LogP contribution in [-0.2, 0) is 24.6 Å². The van der Waals surface area contributed by atoms with Gasteiger partial charge in [-0.25, -0.2) is 0 Å². The maximum absolute atomic E-state index is 5.91. The maximum Gasteiger partial charge on any atom is 0.163 e. The second-order valence-electron chi connectivity index (χ2n) is 6.80. The highest BCUT2D eigenvalue weighted by Crippen LogP contribution is 2.27. The molecule has 23 heavy (non-hydrogen) atoms. The summed E-state index contributed by atoms with van der Waals surface area (Å²) in [4.78, 5) is 2.54. The number of nitrogens with zero attached hydrogens (tertiary/aromatic N) is 4. The Morgan fingerprint density at radius 1 is 1.26 bits per heavy atom. The van der Waals surface area contributed by atoms with Crippen molar-refractivity contribution in [3.63, 3.8) is 0 Å². The zero-order chi connectivity index (χ0) is 15.6. The van der Waals surface area contributed by atoms with E-state index < -0.39 is 0 Å². The minimum Gasteiger partial charge on any atom is -0.368 e. The van der Waals surface area contributed by atoms with Crippen LogP contribution in [0, 0.1) is 5.92 Å². The van der Waals surface area contributed by atoms with Gasteiger partial charge in [0.2, 0.25) is 0 Å². The minimum atomic E-state index is 0.0483. The number of aromatic nitrogens is 3. The van der Waals surface area contributed by atoms with Crippen LogP contribution in [-0.4, -0.2) is 45.9 Å². The van der Waals surface area contributed by atoms with Crippen molar-refractivity contribution in [3.05, 3.63) is 47.5 Å². The lowest BCUT2D eigenvalue weighted by atomic mass is 9.83.